The molecule has 0 saturated carbocycles. The lowest BCUT2D eigenvalue weighted by molar-refractivity contribution is -0.147. The van der Waals surface area contributed by atoms with E-state index in [1.54, 1.807) is 0 Å². The van der Waals surface area contributed by atoms with Crippen molar-refractivity contribution in [2.45, 2.75) is 39.3 Å². The molecule has 0 bridgehead atoms. The lowest BCUT2D eigenvalue weighted by Gasteiger charge is -2.27. The first-order valence-electron chi connectivity index (χ1n) is 9.82. The van der Waals surface area contributed by atoms with Crippen LogP contribution in [0.1, 0.15) is 27.7 Å². The van der Waals surface area contributed by atoms with Crippen LogP contribution in [0.2, 0.25) is 0 Å². The van der Waals surface area contributed by atoms with E-state index in [1.807, 2.05) is 0 Å². The van der Waals surface area contributed by atoms with Crippen molar-refractivity contribution in [1.29, 1.82) is 0 Å². The summed E-state index contributed by atoms with van der Waals surface area (Å²) in [7, 11) is 0. The Balaban J connectivity index is 0.000000547. The fraction of sp³-hybridized carbons (Fsp3) is 0.632. The molecule has 1 aromatic heterocycles. The monoisotopic (exact) mass is 474 g/mol. The smallest absolute Gasteiger partial charge is 0.328 e. The first-order chi connectivity index (χ1) is 15.0. The number of hydrogen-bond acceptors (Lipinski definition) is 11. The topological polar surface area (TPSA) is 160 Å². The largest absolute Gasteiger partial charge is 0.478 e. The molecule has 0 aromatic carbocycles. The predicted octanol–water partition coefficient (Wildman–Crippen LogP) is 0.785. The van der Waals surface area contributed by atoms with Crippen LogP contribution < -0.4 is 15.0 Å². The number of carbonyl (C=O) groups excluding carboxylic acids is 1. The summed E-state index contributed by atoms with van der Waals surface area (Å²) in [6.07, 6.45) is 0.728. The van der Waals surface area contributed by atoms with Gasteiger partial charge in [0.15, 0.2) is 0 Å². The summed E-state index contributed by atoms with van der Waals surface area (Å²) in [4.78, 5) is 32.5. The number of esters is 1. The van der Waals surface area contributed by atoms with Crippen LogP contribution in [0.4, 0.5) is 5.82 Å². The quantitative estimate of drug-likeness (QED) is 0.341. The van der Waals surface area contributed by atoms with Gasteiger partial charge in [0, 0.05) is 44.2 Å². The number of nitrogens with one attached hydrogen (secondary N) is 1. The van der Waals surface area contributed by atoms with Gasteiger partial charge in [0.1, 0.15) is 12.7 Å². The first-order valence-corrected chi connectivity index (χ1v) is 10.5. The highest BCUT2D eigenvalue weighted by atomic mass is 32.1. The van der Waals surface area contributed by atoms with Gasteiger partial charge in [-0.3, -0.25) is 4.79 Å². The molecular weight excluding hydrogens is 444 g/mol. The van der Waals surface area contributed by atoms with Crippen LogP contribution >= 0.6 is 11.7 Å². The Morgan fingerprint density at radius 1 is 1.19 bits per heavy atom. The molecule has 1 aliphatic heterocycles. The lowest BCUT2D eigenvalue weighted by atomic mass is 10.1. The second-order valence-electron chi connectivity index (χ2n) is 7.68. The molecule has 0 radical (unpaired) electrons. The van der Waals surface area contributed by atoms with Crippen LogP contribution in [-0.4, -0.2) is 88.0 Å². The van der Waals surface area contributed by atoms with Crippen molar-refractivity contribution in [3.05, 3.63) is 12.2 Å². The molecule has 3 N–H and O–H groups in total. The summed E-state index contributed by atoms with van der Waals surface area (Å²) in [6.45, 7) is 11.2. The van der Waals surface area contributed by atoms with Crippen LogP contribution in [0.15, 0.2) is 12.2 Å². The molecule has 180 valence electrons. The van der Waals surface area contributed by atoms with Crippen LogP contribution in [0.25, 0.3) is 0 Å². The van der Waals surface area contributed by atoms with Crippen LogP contribution in [-0.2, 0) is 23.9 Å². The molecule has 2 heterocycles. The second kappa shape index (κ2) is 13.6. The van der Waals surface area contributed by atoms with E-state index in [0.717, 1.165) is 30.6 Å². The minimum absolute atomic E-state index is 0.0699. The first kappa shape index (κ1) is 27.3. The number of hydrogen-bond donors (Lipinski definition) is 3. The van der Waals surface area contributed by atoms with Gasteiger partial charge in [-0.2, -0.15) is 4.37 Å². The number of ether oxygens (including phenoxy) is 3. The van der Waals surface area contributed by atoms with E-state index < -0.39 is 11.9 Å². The highest BCUT2D eigenvalue weighted by Crippen LogP contribution is 2.26. The van der Waals surface area contributed by atoms with Gasteiger partial charge in [-0.05, 0) is 20.8 Å². The molecule has 1 fully saturated rings. The van der Waals surface area contributed by atoms with Crippen molar-refractivity contribution >= 4 is 35.5 Å². The number of anilines is 1. The molecule has 2 rings (SSSR count). The molecule has 0 unspecified atom stereocenters. The Labute approximate surface area is 190 Å². The van der Waals surface area contributed by atoms with Crippen molar-refractivity contribution in [2.24, 2.45) is 0 Å². The summed E-state index contributed by atoms with van der Waals surface area (Å²) < 4.78 is 25.0. The third kappa shape index (κ3) is 12.2. The molecule has 1 atom stereocenters. The molecule has 1 aliphatic rings. The maximum absolute atomic E-state index is 11.3. The maximum Gasteiger partial charge on any atom is 0.328 e. The van der Waals surface area contributed by atoms with Crippen molar-refractivity contribution in [1.82, 2.24) is 14.1 Å². The van der Waals surface area contributed by atoms with Gasteiger partial charge in [-0.25, -0.2) is 9.59 Å². The minimum atomic E-state index is -1.26. The van der Waals surface area contributed by atoms with Crippen molar-refractivity contribution in [2.75, 3.05) is 44.4 Å². The second-order valence-corrected chi connectivity index (χ2v) is 8.20. The third-order valence-corrected chi connectivity index (χ3v) is 4.22. The molecule has 1 aromatic rings. The number of morpholine rings is 1. The molecular formula is C19H30N4O8S. The number of aromatic nitrogens is 2. The standard InChI is InChI=1S/C15H26N4O4S.C4H4O4/c1-11(20)23-12(9-16-15(2,3)4)10-22-14-13(17-24-18-14)19-5-7-21-8-6-19;5-3(6)1-2-4(7)8/h12,16H,5-10H2,1-4H3;1-2H,(H,5,6)(H,7,8)/b;2-1-/t12-;/m0./s1. The zero-order valence-corrected chi connectivity index (χ0v) is 19.4. The fourth-order valence-corrected chi connectivity index (χ4v) is 2.86. The molecule has 0 spiro atoms. The van der Waals surface area contributed by atoms with Crippen LogP contribution in [0.3, 0.4) is 0 Å². The van der Waals surface area contributed by atoms with E-state index in [2.05, 4.69) is 39.7 Å². The molecule has 13 heteroatoms. The van der Waals surface area contributed by atoms with E-state index in [9.17, 15) is 14.4 Å². The third-order valence-electron chi connectivity index (χ3n) is 3.72. The number of carboxylic acid groups (broad SMARTS) is 2. The fourth-order valence-electron chi connectivity index (χ4n) is 2.34. The summed E-state index contributed by atoms with van der Waals surface area (Å²) in [5.41, 5.74) is -0.0699. The SMILES string of the molecule is CC(=O)O[C@@H](CNC(C)(C)C)COc1nsnc1N1CCOCC1.O=C(O)/C=C\C(=O)O. The van der Waals surface area contributed by atoms with Gasteiger partial charge in [-0.15, -0.1) is 4.37 Å². The van der Waals surface area contributed by atoms with Gasteiger partial charge in [0.05, 0.1) is 24.9 Å². The highest BCUT2D eigenvalue weighted by Gasteiger charge is 2.22. The number of rotatable bonds is 9. The zero-order chi connectivity index (χ0) is 24.1. The van der Waals surface area contributed by atoms with Crippen molar-refractivity contribution in [3.63, 3.8) is 0 Å². The number of carbonyl (C=O) groups is 3. The number of nitrogens with zero attached hydrogens (tertiary/aromatic N) is 3. The van der Waals surface area contributed by atoms with E-state index in [0.29, 0.717) is 37.8 Å². The van der Waals surface area contributed by atoms with Gasteiger partial charge in [-0.1, -0.05) is 0 Å². The van der Waals surface area contributed by atoms with Crippen molar-refractivity contribution < 1.29 is 38.8 Å². The zero-order valence-electron chi connectivity index (χ0n) is 18.6. The summed E-state index contributed by atoms with van der Waals surface area (Å²) in [5, 5.41) is 18.9. The van der Waals surface area contributed by atoms with E-state index >= 15 is 0 Å². The van der Waals surface area contributed by atoms with Crippen LogP contribution in [0, 0.1) is 0 Å². The Kier molecular flexibility index (Phi) is 11.6. The number of carboxylic acids is 2. The van der Waals surface area contributed by atoms with Gasteiger partial charge >= 0.3 is 17.9 Å². The molecule has 32 heavy (non-hydrogen) atoms. The minimum Gasteiger partial charge on any atom is -0.478 e. The molecule has 1 saturated heterocycles. The maximum atomic E-state index is 11.3. The van der Waals surface area contributed by atoms with Gasteiger partial charge < -0.3 is 34.6 Å². The van der Waals surface area contributed by atoms with E-state index in [-0.39, 0.29) is 24.2 Å². The Morgan fingerprint density at radius 2 is 1.78 bits per heavy atom. The van der Waals surface area contributed by atoms with Gasteiger partial charge in [0.25, 0.3) is 5.88 Å². The van der Waals surface area contributed by atoms with E-state index in [4.69, 9.17) is 24.4 Å². The number of aliphatic carboxylic acids is 2. The lowest BCUT2D eigenvalue weighted by Crippen LogP contribution is -2.44. The summed E-state index contributed by atoms with van der Waals surface area (Å²) in [5.74, 6) is -1.63. The normalized spacial score (nSPS) is 14.9. The van der Waals surface area contributed by atoms with Crippen LogP contribution in [0.5, 0.6) is 5.88 Å². The Morgan fingerprint density at radius 3 is 2.28 bits per heavy atom. The Hall–Kier alpha value is -2.77. The average Bonchev–Trinajstić information content (AvgIpc) is 3.17. The van der Waals surface area contributed by atoms with Crippen molar-refractivity contribution in [3.8, 4) is 5.88 Å². The molecule has 0 aliphatic carbocycles. The van der Waals surface area contributed by atoms with Gasteiger partial charge in [0.2, 0.25) is 5.82 Å². The molecule has 12 nitrogen and oxygen atoms in total. The molecule has 0 amide bonds. The highest BCUT2D eigenvalue weighted by molar-refractivity contribution is 6.99. The Bertz CT molecular complexity index is 756. The average molecular weight is 475 g/mol. The summed E-state index contributed by atoms with van der Waals surface area (Å²) >= 11 is 1.11. The predicted molar refractivity (Wildman–Crippen MR) is 116 cm³/mol. The summed E-state index contributed by atoms with van der Waals surface area (Å²) in [6, 6.07) is 0. The van der Waals surface area contributed by atoms with E-state index in [1.165, 1.54) is 6.92 Å².